The van der Waals surface area contributed by atoms with Crippen molar-refractivity contribution in [3.05, 3.63) is 65.9 Å². The van der Waals surface area contributed by atoms with Gasteiger partial charge in [0.25, 0.3) is 0 Å². The van der Waals surface area contributed by atoms with E-state index in [-0.39, 0.29) is 11.5 Å². The molecule has 112 valence electrons. The number of ether oxygens (including phenoxy) is 1. The number of hydrogen-bond donors (Lipinski definition) is 0. The Hall–Kier alpha value is -2.69. The summed E-state index contributed by atoms with van der Waals surface area (Å²) in [4.78, 5) is 15.8. The maximum atomic E-state index is 13.7. The second-order valence-electron chi connectivity index (χ2n) is 4.88. The van der Waals surface area contributed by atoms with Crippen molar-refractivity contribution in [3.63, 3.8) is 0 Å². The van der Waals surface area contributed by atoms with Gasteiger partial charge in [0.15, 0.2) is 0 Å². The van der Waals surface area contributed by atoms with Crippen molar-refractivity contribution in [1.29, 1.82) is 0 Å². The number of hydrogen-bond acceptors (Lipinski definition) is 3. The number of carbonyl (C=O) groups is 1. The molecule has 1 aromatic carbocycles. The summed E-state index contributed by atoms with van der Waals surface area (Å²) in [5, 5.41) is 0.870. The minimum Gasteiger partial charge on any atom is -0.461 e. The lowest BCUT2D eigenvalue weighted by atomic mass is 10.2. The second kappa shape index (κ2) is 5.97. The van der Waals surface area contributed by atoms with Gasteiger partial charge in [-0.2, -0.15) is 0 Å². The first-order valence-electron chi connectivity index (χ1n) is 7.04. The molecule has 2 aromatic heterocycles. The van der Waals surface area contributed by atoms with Crippen molar-refractivity contribution in [3.8, 4) is 0 Å². The Labute approximate surface area is 127 Å². The Kier molecular flexibility index (Phi) is 3.87. The molecule has 0 bridgehead atoms. The van der Waals surface area contributed by atoms with E-state index in [4.69, 9.17) is 4.74 Å². The standard InChI is InChI=1S/C17H15FN2O2/c1-2-22-17(21)15-9-12-7-8-20(16(12)10-19-15)11-13-5-3-4-6-14(13)18/h3-10H,2,11H2,1H3. The van der Waals surface area contributed by atoms with Crippen LogP contribution >= 0.6 is 0 Å². The highest BCUT2D eigenvalue weighted by Gasteiger charge is 2.11. The Balaban J connectivity index is 1.93. The fourth-order valence-electron chi connectivity index (χ4n) is 2.35. The van der Waals surface area contributed by atoms with Crippen molar-refractivity contribution in [1.82, 2.24) is 9.55 Å². The molecule has 22 heavy (non-hydrogen) atoms. The molecule has 3 rings (SSSR count). The van der Waals surface area contributed by atoms with Crippen LogP contribution in [0.2, 0.25) is 0 Å². The molecule has 0 saturated carbocycles. The smallest absolute Gasteiger partial charge is 0.356 e. The van der Waals surface area contributed by atoms with E-state index in [9.17, 15) is 9.18 Å². The molecular formula is C17H15FN2O2. The van der Waals surface area contributed by atoms with Gasteiger partial charge < -0.3 is 9.30 Å². The highest BCUT2D eigenvalue weighted by molar-refractivity contribution is 5.92. The monoisotopic (exact) mass is 298 g/mol. The first kappa shape index (κ1) is 14.3. The fraction of sp³-hybridized carbons (Fsp3) is 0.176. The van der Waals surface area contributed by atoms with Crippen molar-refractivity contribution in [2.45, 2.75) is 13.5 Å². The average Bonchev–Trinajstić information content (AvgIpc) is 2.92. The summed E-state index contributed by atoms with van der Waals surface area (Å²) < 4.78 is 20.6. The van der Waals surface area contributed by atoms with Gasteiger partial charge in [0.1, 0.15) is 11.5 Å². The van der Waals surface area contributed by atoms with E-state index in [2.05, 4.69) is 4.98 Å². The summed E-state index contributed by atoms with van der Waals surface area (Å²) in [7, 11) is 0. The van der Waals surface area contributed by atoms with E-state index in [0.717, 1.165) is 10.9 Å². The minimum atomic E-state index is -0.439. The highest BCUT2D eigenvalue weighted by atomic mass is 19.1. The van der Waals surface area contributed by atoms with Gasteiger partial charge in [-0.05, 0) is 25.1 Å². The molecule has 0 unspecified atom stereocenters. The molecule has 0 N–H and O–H groups in total. The number of carbonyl (C=O) groups excluding carboxylic acids is 1. The Morgan fingerprint density at radius 3 is 2.91 bits per heavy atom. The molecule has 4 nitrogen and oxygen atoms in total. The molecule has 0 radical (unpaired) electrons. The van der Waals surface area contributed by atoms with Crippen LogP contribution < -0.4 is 0 Å². The first-order chi connectivity index (χ1) is 10.7. The normalized spacial score (nSPS) is 10.8. The van der Waals surface area contributed by atoms with E-state index in [1.807, 2.05) is 16.8 Å². The van der Waals surface area contributed by atoms with E-state index >= 15 is 0 Å². The van der Waals surface area contributed by atoms with Gasteiger partial charge in [-0.25, -0.2) is 14.2 Å². The Morgan fingerprint density at radius 2 is 2.14 bits per heavy atom. The van der Waals surface area contributed by atoms with Crippen LogP contribution in [-0.2, 0) is 11.3 Å². The zero-order chi connectivity index (χ0) is 15.5. The van der Waals surface area contributed by atoms with Gasteiger partial charge in [-0.3, -0.25) is 0 Å². The van der Waals surface area contributed by atoms with E-state index in [1.54, 1.807) is 37.4 Å². The summed E-state index contributed by atoms with van der Waals surface area (Å²) in [5.74, 6) is -0.674. The number of halogens is 1. The molecule has 0 spiro atoms. The number of fused-ring (bicyclic) bond motifs is 1. The summed E-state index contributed by atoms with van der Waals surface area (Å²) in [6, 6.07) is 10.2. The SMILES string of the molecule is CCOC(=O)c1cc2ccn(Cc3ccccc3F)c2cn1. The second-order valence-corrected chi connectivity index (χ2v) is 4.88. The third-order valence-electron chi connectivity index (χ3n) is 3.44. The predicted molar refractivity (Wildman–Crippen MR) is 81.2 cm³/mol. The molecule has 0 atom stereocenters. The minimum absolute atomic E-state index is 0.236. The van der Waals surface area contributed by atoms with Gasteiger partial charge in [-0.1, -0.05) is 18.2 Å². The third kappa shape index (κ3) is 2.70. The molecular weight excluding hydrogens is 283 g/mol. The molecule has 0 saturated heterocycles. The van der Waals surface area contributed by atoms with Gasteiger partial charge in [-0.15, -0.1) is 0 Å². The van der Waals surface area contributed by atoms with Gasteiger partial charge in [0.2, 0.25) is 0 Å². The van der Waals surface area contributed by atoms with Crippen LogP contribution in [0.25, 0.3) is 10.9 Å². The van der Waals surface area contributed by atoms with Crippen LogP contribution in [0, 0.1) is 5.82 Å². The summed E-state index contributed by atoms with van der Waals surface area (Å²) in [6.45, 7) is 2.48. The Bertz CT molecular complexity index is 826. The molecule has 0 aliphatic rings. The van der Waals surface area contributed by atoms with E-state index in [0.29, 0.717) is 18.7 Å². The predicted octanol–water partition coefficient (Wildman–Crippen LogP) is 3.40. The van der Waals surface area contributed by atoms with Crippen molar-refractivity contribution in [2.75, 3.05) is 6.61 Å². The molecule has 0 aliphatic carbocycles. The van der Waals surface area contributed by atoms with Crippen LogP contribution in [0.15, 0.2) is 48.8 Å². The molecule has 5 heteroatoms. The summed E-state index contributed by atoms with van der Waals surface area (Å²) >= 11 is 0. The van der Waals surface area contributed by atoms with Crippen LogP contribution in [-0.4, -0.2) is 22.1 Å². The molecule has 3 aromatic rings. The highest BCUT2D eigenvalue weighted by Crippen LogP contribution is 2.19. The van der Waals surface area contributed by atoms with Gasteiger partial charge in [0.05, 0.1) is 24.9 Å². The van der Waals surface area contributed by atoms with Crippen LogP contribution in [0.5, 0.6) is 0 Å². The maximum Gasteiger partial charge on any atom is 0.356 e. The topological polar surface area (TPSA) is 44.1 Å². The molecule has 2 heterocycles. The summed E-state index contributed by atoms with van der Waals surface area (Å²) in [5.41, 5.74) is 1.73. The van der Waals surface area contributed by atoms with Crippen LogP contribution in [0.3, 0.4) is 0 Å². The van der Waals surface area contributed by atoms with Crippen LogP contribution in [0.4, 0.5) is 4.39 Å². The molecule has 0 amide bonds. The van der Waals surface area contributed by atoms with Crippen molar-refractivity contribution >= 4 is 16.9 Å². The lowest BCUT2D eigenvalue weighted by molar-refractivity contribution is 0.0519. The third-order valence-corrected chi connectivity index (χ3v) is 3.44. The molecule has 0 aliphatic heterocycles. The Morgan fingerprint density at radius 1 is 1.32 bits per heavy atom. The van der Waals surface area contributed by atoms with Crippen LogP contribution in [0.1, 0.15) is 23.0 Å². The van der Waals surface area contributed by atoms with Gasteiger partial charge >= 0.3 is 5.97 Å². The maximum absolute atomic E-state index is 13.7. The van der Waals surface area contributed by atoms with E-state index in [1.165, 1.54) is 6.07 Å². The van der Waals surface area contributed by atoms with E-state index < -0.39 is 5.97 Å². The zero-order valence-electron chi connectivity index (χ0n) is 12.1. The first-order valence-corrected chi connectivity index (χ1v) is 7.04. The van der Waals surface area contributed by atoms with Gasteiger partial charge in [0, 0.05) is 17.1 Å². The van der Waals surface area contributed by atoms with Crippen molar-refractivity contribution < 1.29 is 13.9 Å². The lowest BCUT2D eigenvalue weighted by Crippen LogP contribution is -2.07. The molecule has 0 fully saturated rings. The number of aromatic nitrogens is 2. The number of nitrogens with zero attached hydrogens (tertiary/aromatic N) is 2. The number of esters is 1. The average molecular weight is 298 g/mol. The number of rotatable bonds is 4. The largest absolute Gasteiger partial charge is 0.461 e. The quantitative estimate of drug-likeness (QED) is 0.693. The summed E-state index contributed by atoms with van der Waals surface area (Å²) in [6.07, 6.45) is 3.47. The lowest BCUT2D eigenvalue weighted by Gasteiger charge is -2.07. The zero-order valence-corrected chi connectivity index (χ0v) is 12.1. The number of benzene rings is 1. The number of pyridine rings is 1. The fourth-order valence-corrected chi connectivity index (χ4v) is 2.35. The van der Waals surface area contributed by atoms with Crippen molar-refractivity contribution in [2.24, 2.45) is 0 Å².